The van der Waals surface area contributed by atoms with Crippen molar-refractivity contribution in [2.45, 2.75) is 69.3 Å². The van der Waals surface area contributed by atoms with Crippen molar-refractivity contribution in [3.05, 3.63) is 35.9 Å². The van der Waals surface area contributed by atoms with Gasteiger partial charge < -0.3 is 9.47 Å². The lowest BCUT2D eigenvalue weighted by Crippen LogP contribution is -2.43. The van der Waals surface area contributed by atoms with E-state index in [0.29, 0.717) is 18.7 Å². The Morgan fingerprint density at radius 2 is 1.65 bits per heavy atom. The fourth-order valence-corrected chi connectivity index (χ4v) is 3.44. The van der Waals surface area contributed by atoms with Gasteiger partial charge in [0.05, 0.1) is 12.5 Å². The first-order chi connectivity index (χ1) is 12.2. The fourth-order valence-electron chi connectivity index (χ4n) is 3.44. The van der Waals surface area contributed by atoms with Crippen LogP contribution in [0.5, 0.6) is 0 Å². The lowest BCUT2D eigenvalue weighted by atomic mass is 9.76. The molecule has 0 amide bonds. The van der Waals surface area contributed by atoms with Crippen LogP contribution in [0.25, 0.3) is 0 Å². The molecule has 1 fully saturated rings. The van der Waals surface area contributed by atoms with Crippen molar-refractivity contribution >= 4 is 11.9 Å². The van der Waals surface area contributed by atoms with E-state index in [1.54, 1.807) is 12.4 Å². The zero-order chi connectivity index (χ0) is 19.0. The summed E-state index contributed by atoms with van der Waals surface area (Å²) >= 11 is 0. The van der Waals surface area contributed by atoms with E-state index in [0.717, 1.165) is 24.8 Å². The second kappa shape index (κ2) is 6.49. The highest BCUT2D eigenvalue weighted by Gasteiger charge is 2.53. The smallest absolute Gasteiger partial charge is 0.320 e. The summed E-state index contributed by atoms with van der Waals surface area (Å²) in [5.74, 6) is -0.0898. The van der Waals surface area contributed by atoms with Crippen LogP contribution in [0, 0.1) is 0 Å². The van der Waals surface area contributed by atoms with Gasteiger partial charge in [0.25, 0.3) is 0 Å². The van der Waals surface area contributed by atoms with Gasteiger partial charge in [0.1, 0.15) is 16.8 Å². The number of rotatable bonds is 4. The first-order valence-electron chi connectivity index (χ1n) is 9.03. The van der Waals surface area contributed by atoms with Crippen molar-refractivity contribution in [1.82, 2.24) is 9.97 Å². The average molecular weight is 358 g/mol. The molecule has 140 valence electrons. The third-order valence-corrected chi connectivity index (χ3v) is 5.12. The number of esters is 2. The second-order valence-corrected chi connectivity index (χ2v) is 8.17. The van der Waals surface area contributed by atoms with E-state index in [1.165, 1.54) is 7.11 Å². The Morgan fingerprint density at radius 3 is 2.12 bits per heavy atom. The van der Waals surface area contributed by atoms with E-state index in [2.05, 4.69) is 16.0 Å². The average Bonchev–Trinajstić information content (AvgIpc) is 3.42. The maximum Gasteiger partial charge on any atom is 0.320 e. The molecule has 1 unspecified atom stereocenters. The monoisotopic (exact) mass is 358 g/mol. The number of allylic oxidation sites excluding steroid dienone is 2. The van der Waals surface area contributed by atoms with E-state index in [4.69, 9.17) is 9.47 Å². The van der Waals surface area contributed by atoms with E-state index < -0.39 is 16.4 Å². The summed E-state index contributed by atoms with van der Waals surface area (Å²) < 4.78 is 10.6. The molecule has 0 N–H and O–H groups in total. The minimum absolute atomic E-state index is 0.253. The van der Waals surface area contributed by atoms with Crippen molar-refractivity contribution < 1.29 is 19.1 Å². The summed E-state index contributed by atoms with van der Waals surface area (Å²) in [6.45, 7) is 5.57. The van der Waals surface area contributed by atoms with E-state index in [-0.39, 0.29) is 11.9 Å². The second-order valence-electron chi connectivity index (χ2n) is 8.17. The van der Waals surface area contributed by atoms with E-state index >= 15 is 0 Å². The number of nitrogens with zero attached hydrogens (tertiary/aromatic N) is 2. The molecule has 1 aromatic rings. The molecule has 0 radical (unpaired) electrons. The number of carbonyl (C=O) groups excluding carboxylic acids is 2. The summed E-state index contributed by atoms with van der Waals surface area (Å²) in [6, 6.07) is 0. The molecule has 6 heteroatoms. The first kappa shape index (κ1) is 18.5. The number of methoxy groups -OCH3 is 1. The molecule has 26 heavy (non-hydrogen) atoms. The van der Waals surface area contributed by atoms with Crippen LogP contribution >= 0.6 is 0 Å². The van der Waals surface area contributed by atoms with Gasteiger partial charge in [-0.15, -0.1) is 0 Å². The number of carbonyl (C=O) groups is 2. The molecule has 0 bridgehead atoms. The van der Waals surface area contributed by atoms with Crippen LogP contribution in [0.1, 0.15) is 64.3 Å². The predicted octanol–water partition coefficient (Wildman–Crippen LogP) is 3.00. The van der Waals surface area contributed by atoms with Gasteiger partial charge >= 0.3 is 11.9 Å². The van der Waals surface area contributed by atoms with Crippen molar-refractivity contribution in [3.8, 4) is 0 Å². The SMILES string of the molecule is COC(=O)C1(c2cnc(C3(C(=O)OC(C)(C)C)CC=CCC3)nc2)CC1. The molecule has 0 spiro atoms. The molecule has 1 atom stereocenters. The summed E-state index contributed by atoms with van der Waals surface area (Å²) in [4.78, 5) is 34.0. The van der Waals surface area contributed by atoms with Gasteiger partial charge in [-0.3, -0.25) is 9.59 Å². The lowest BCUT2D eigenvalue weighted by molar-refractivity contribution is -0.163. The van der Waals surface area contributed by atoms with E-state index in [1.807, 2.05) is 26.8 Å². The molecule has 2 aliphatic rings. The highest BCUT2D eigenvalue weighted by atomic mass is 16.6. The summed E-state index contributed by atoms with van der Waals surface area (Å²) in [5, 5.41) is 0. The molecule has 1 saturated carbocycles. The van der Waals surface area contributed by atoms with Crippen molar-refractivity contribution in [2.24, 2.45) is 0 Å². The molecule has 0 aliphatic heterocycles. The third kappa shape index (κ3) is 3.24. The zero-order valence-electron chi connectivity index (χ0n) is 15.9. The topological polar surface area (TPSA) is 78.4 Å². The number of aromatic nitrogens is 2. The molecule has 2 aliphatic carbocycles. The van der Waals surface area contributed by atoms with Crippen LogP contribution in [0.2, 0.25) is 0 Å². The minimum Gasteiger partial charge on any atom is -0.468 e. The van der Waals surface area contributed by atoms with Gasteiger partial charge in [-0.2, -0.15) is 0 Å². The quantitative estimate of drug-likeness (QED) is 0.608. The van der Waals surface area contributed by atoms with Crippen LogP contribution in [0.15, 0.2) is 24.5 Å². The molecule has 0 saturated heterocycles. The highest BCUT2D eigenvalue weighted by molar-refractivity contribution is 5.86. The van der Waals surface area contributed by atoms with Gasteiger partial charge in [-0.05, 0) is 52.9 Å². The van der Waals surface area contributed by atoms with Gasteiger partial charge in [-0.25, -0.2) is 9.97 Å². The Kier molecular flexibility index (Phi) is 4.63. The number of hydrogen-bond acceptors (Lipinski definition) is 6. The molecule has 6 nitrogen and oxygen atoms in total. The molecule has 1 heterocycles. The van der Waals surface area contributed by atoms with Crippen LogP contribution < -0.4 is 0 Å². The molecule has 0 aromatic carbocycles. The van der Waals surface area contributed by atoms with Gasteiger partial charge in [-0.1, -0.05) is 12.2 Å². The van der Waals surface area contributed by atoms with Crippen molar-refractivity contribution in [3.63, 3.8) is 0 Å². The highest BCUT2D eigenvalue weighted by Crippen LogP contribution is 2.49. The minimum atomic E-state index is -0.872. The Bertz CT molecular complexity index is 729. The Morgan fingerprint density at radius 1 is 1.00 bits per heavy atom. The number of ether oxygens (including phenoxy) is 2. The summed E-state index contributed by atoms with van der Waals surface area (Å²) in [5.41, 5.74) is -1.31. The lowest BCUT2D eigenvalue weighted by Gasteiger charge is -2.34. The van der Waals surface area contributed by atoms with Crippen LogP contribution in [0.3, 0.4) is 0 Å². The third-order valence-electron chi connectivity index (χ3n) is 5.12. The van der Waals surface area contributed by atoms with Crippen molar-refractivity contribution in [1.29, 1.82) is 0 Å². The van der Waals surface area contributed by atoms with Crippen LogP contribution in [-0.2, 0) is 29.9 Å². The summed E-state index contributed by atoms with van der Waals surface area (Å²) in [6.07, 6.45) is 10.8. The maximum absolute atomic E-state index is 13.0. The normalized spacial score (nSPS) is 24.0. The van der Waals surface area contributed by atoms with Gasteiger partial charge in [0.2, 0.25) is 0 Å². The Labute approximate surface area is 154 Å². The van der Waals surface area contributed by atoms with Crippen LogP contribution in [0.4, 0.5) is 0 Å². The standard InChI is InChI=1S/C20H26N2O4/c1-18(2,3)26-17(24)20(8-6-5-7-9-20)15-21-12-14(13-22-15)19(10-11-19)16(23)25-4/h5-6,12-13H,7-11H2,1-4H3. The van der Waals surface area contributed by atoms with Gasteiger partial charge in [0, 0.05) is 18.0 Å². The molecule has 3 rings (SSSR count). The molecular formula is C20H26N2O4. The van der Waals surface area contributed by atoms with Crippen LogP contribution in [-0.4, -0.2) is 34.6 Å². The predicted molar refractivity (Wildman–Crippen MR) is 95.5 cm³/mol. The summed E-state index contributed by atoms with van der Waals surface area (Å²) in [7, 11) is 1.39. The van der Waals surface area contributed by atoms with Crippen molar-refractivity contribution in [2.75, 3.05) is 7.11 Å². The largest absolute Gasteiger partial charge is 0.468 e. The maximum atomic E-state index is 13.0. The van der Waals surface area contributed by atoms with E-state index in [9.17, 15) is 9.59 Å². The Balaban J connectivity index is 1.92. The Hall–Kier alpha value is -2.24. The first-order valence-corrected chi connectivity index (χ1v) is 9.03. The van der Waals surface area contributed by atoms with Gasteiger partial charge in [0.15, 0.2) is 0 Å². The molecule has 1 aromatic heterocycles. The fraction of sp³-hybridized carbons (Fsp3) is 0.600. The zero-order valence-corrected chi connectivity index (χ0v) is 15.9. The molecular weight excluding hydrogens is 332 g/mol. The number of hydrogen-bond donors (Lipinski definition) is 0.